The highest BCUT2D eigenvalue weighted by molar-refractivity contribution is 7.99. The van der Waals surface area contributed by atoms with Crippen LogP contribution in [0.25, 0.3) is 0 Å². The van der Waals surface area contributed by atoms with Crippen molar-refractivity contribution in [2.45, 2.75) is 43.4 Å². The highest BCUT2D eigenvalue weighted by atomic mass is 32.2. The van der Waals surface area contributed by atoms with Crippen LogP contribution in [-0.2, 0) is 14.8 Å². The molecule has 0 radical (unpaired) electrons. The van der Waals surface area contributed by atoms with Gasteiger partial charge in [-0.3, -0.25) is 9.10 Å². The maximum Gasteiger partial charge on any atom is 0.232 e. The largest absolute Gasteiger partial charge is 0.352 e. The minimum absolute atomic E-state index is 0.0249. The number of allylic oxidation sites excluding steroid dienone is 1. The molecule has 7 heteroatoms. The van der Waals surface area contributed by atoms with Crippen molar-refractivity contribution in [3.05, 3.63) is 35.9 Å². The summed E-state index contributed by atoms with van der Waals surface area (Å²) >= 11 is 1.51. The van der Waals surface area contributed by atoms with Gasteiger partial charge in [-0.25, -0.2) is 8.42 Å². The number of nitrogens with zero attached hydrogens (tertiary/aromatic N) is 1. The molecule has 0 aliphatic heterocycles. The van der Waals surface area contributed by atoms with Gasteiger partial charge < -0.3 is 5.32 Å². The normalized spacial score (nSPS) is 14.6. The highest BCUT2D eigenvalue weighted by Gasteiger charge is 2.20. The standard InChI is InChI=1S/C19H28N2O3S2/c1-25-18-12-7-6-11-17(18)21(26(2,23)24)14-8-13-19(22)20-15-16-9-4-3-5-10-16/h6-7,9,11-12H,3-5,8,10,13-15H2,1-2H3,(H,20,22). The first-order valence-electron chi connectivity index (χ1n) is 8.97. The second-order valence-electron chi connectivity index (χ2n) is 6.50. The quantitative estimate of drug-likeness (QED) is 0.512. The molecule has 0 atom stereocenters. The van der Waals surface area contributed by atoms with Gasteiger partial charge in [-0.15, -0.1) is 11.8 Å². The number of carbonyl (C=O) groups excluding carboxylic acids is 1. The lowest BCUT2D eigenvalue weighted by atomic mass is 10.00. The minimum Gasteiger partial charge on any atom is -0.352 e. The van der Waals surface area contributed by atoms with Crippen molar-refractivity contribution >= 4 is 33.4 Å². The molecule has 0 spiro atoms. The number of benzene rings is 1. The molecule has 144 valence electrons. The molecule has 5 nitrogen and oxygen atoms in total. The Morgan fingerprint density at radius 2 is 2.04 bits per heavy atom. The maximum atomic E-state index is 12.2. The Morgan fingerprint density at radius 1 is 1.27 bits per heavy atom. The van der Waals surface area contributed by atoms with Crippen molar-refractivity contribution in [2.75, 3.05) is 29.9 Å². The van der Waals surface area contributed by atoms with Crippen LogP contribution in [0.4, 0.5) is 5.69 Å². The van der Waals surface area contributed by atoms with Crippen LogP contribution in [0.2, 0.25) is 0 Å². The summed E-state index contributed by atoms with van der Waals surface area (Å²) in [6.45, 7) is 0.913. The summed E-state index contributed by atoms with van der Waals surface area (Å²) in [5.41, 5.74) is 1.98. The van der Waals surface area contributed by atoms with Gasteiger partial charge in [-0.1, -0.05) is 23.8 Å². The van der Waals surface area contributed by atoms with E-state index < -0.39 is 10.0 Å². The van der Waals surface area contributed by atoms with E-state index in [1.165, 1.54) is 40.7 Å². The Balaban J connectivity index is 1.89. The second kappa shape index (κ2) is 10.0. The average molecular weight is 397 g/mol. The van der Waals surface area contributed by atoms with E-state index in [2.05, 4.69) is 11.4 Å². The molecular formula is C19H28N2O3S2. The molecule has 0 fully saturated rings. The topological polar surface area (TPSA) is 66.5 Å². The second-order valence-corrected chi connectivity index (χ2v) is 9.25. The lowest BCUT2D eigenvalue weighted by Gasteiger charge is -2.24. The summed E-state index contributed by atoms with van der Waals surface area (Å²) in [5, 5.41) is 2.95. The first kappa shape index (κ1) is 20.8. The fraction of sp³-hybridized carbons (Fsp3) is 0.526. The smallest absolute Gasteiger partial charge is 0.232 e. The SMILES string of the molecule is CSc1ccccc1N(CCCC(=O)NCC1=CCCCC1)S(C)(=O)=O. The van der Waals surface area contributed by atoms with E-state index in [0.717, 1.165) is 17.7 Å². The number of anilines is 1. The summed E-state index contributed by atoms with van der Waals surface area (Å²) in [5.74, 6) is -0.0249. The van der Waals surface area contributed by atoms with Crippen LogP contribution in [0.5, 0.6) is 0 Å². The molecular weight excluding hydrogens is 368 g/mol. The molecule has 1 aliphatic carbocycles. The van der Waals surface area contributed by atoms with E-state index in [1.807, 2.05) is 30.5 Å². The van der Waals surface area contributed by atoms with Crippen LogP contribution in [-0.4, -0.2) is 39.9 Å². The molecule has 1 aliphatic rings. The zero-order chi connectivity index (χ0) is 19.0. The Morgan fingerprint density at radius 3 is 2.69 bits per heavy atom. The van der Waals surface area contributed by atoms with Crippen molar-refractivity contribution < 1.29 is 13.2 Å². The van der Waals surface area contributed by atoms with Crippen molar-refractivity contribution in [3.63, 3.8) is 0 Å². The number of para-hydroxylation sites is 1. The molecule has 1 N–H and O–H groups in total. The minimum atomic E-state index is -3.40. The molecule has 0 aromatic heterocycles. The van der Waals surface area contributed by atoms with E-state index in [-0.39, 0.29) is 5.91 Å². The van der Waals surface area contributed by atoms with Gasteiger partial charge in [0.05, 0.1) is 11.9 Å². The highest BCUT2D eigenvalue weighted by Crippen LogP contribution is 2.30. The van der Waals surface area contributed by atoms with Gasteiger partial charge in [0, 0.05) is 24.4 Å². The molecule has 0 unspecified atom stereocenters. The van der Waals surface area contributed by atoms with Crippen molar-refractivity contribution in [3.8, 4) is 0 Å². The zero-order valence-electron chi connectivity index (χ0n) is 15.5. The van der Waals surface area contributed by atoms with Crippen molar-refractivity contribution in [1.82, 2.24) is 5.32 Å². The molecule has 1 aromatic rings. The number of hydrogen-bond donors (Lipinski definition) is 1. The first-order chi connectivity index (χ1) is 12.4. The van der Waals surface area contributed by atoms with Crippen molar-refractivity contribution in [1.29, 1.82) is 0 Å². The third-order valence-corrected chi connectivity index (χ3v) is 6.38. The third kappa shape index (κ3) is 6.36. The summed E-state index contributed by atoms with van der Waals surface area (Å²) in [7, 11) is -3.40. The molecule has 0 bridgehead atoms. The van der Waals surface area contributed by atoms with Crippen LogP contribution in [0.1, 0.15) is 38.5 Å². The number of hydrogen-bond acceptors (Lipinski definition) is 4. The predicted molar refractivity (Wildman–Crippen MR) is 109 cm³/mol. The molecule has 1 amide bonds. The fourth-order valence-electron chi connectivity index (χ4n) is 3.05. The van der Waals surface area contributed by atoms with E-state index in [4.69, 9.17) is 0 Å². The summed E-state index contributed by atoms with van der Waals surface area (Å²) in [6.07, 6.45) is 10.7. The fourth-order valence-corrected chi connectivity index (χ4v) is 4.69. The number of rotatable bonds is 9. The number of amides is 1. The van der Waals surface area contributed by atoms with E-state index in [9.17, 15) is 13.2 Å². The summed E-state index contributed by atoms with van der Waals surface area (Å²) < 4.78 is 25.8. The van der Waals surface area contributed by atoms with Gasteiger partial charge in [0.25, 0.3) is 0 Å². The van der Waals surface area contributed by atoms with Gasteiger partial charge in [0.2, 0.25) is 15.9 Å². The lowest BCUT2D eigenvalue weighted by molar-refractivity contribution is -0.120. The van der Waals surface area contributed by atoms with Crippen LogP contribution in [0, 0.1) is 0 Å². The number of sulfonamides is 1. The van der Waals surface area contributed by atoms with Crippen LogP contribution >= 0.6 is 11.8 Å². The van der Waals surface area contributed by atoms with Crippen molar-refractivity contribution in [2.24, 2.45) is 0 Å². The third-order valence-electron chi connectivity index (χ3n) is 4.42. The van der Waals surface area contributed by atoms with Gasteiger partial charge in [0.15, 0.2) is 0 Å². The molecule has 2 rings (SSSR count). The molecule has 0 heterocycles. The summed E-state index contributed by atoms with van der Waals surface area (Å²) in [6, 6.07) is 7.44. The Labute approximate surface area is 161 Å². The average Bonchev–Trinajstić information content (AvgIpc) is 2.63. The Hall–Kier alpha value is -1.47. The number of thioether (sulfide) groups is 1. The monoisotopic (exact) mass is 396 g/mol. The predicted octanol–water partition coefficient (Wildman–Crippen LogP) is 3.57. The molecule has 26 heavy (non-hydrogen) atoms. The first-order valence-corrected chi connectivity index (χ1v) is 12.0. The number of carbonyl (C=O) groups is 1. The zero-order valence-corrected chi connectivity index (χ0v) is 17.2. The van der Waals surface area contributed by atoms with Gasteiger partial charge in [0.1, 0.15) is 0 Å². The van der Waals surface area contributed by atoms with Crippen LogP contribution < -0.4 is 9.62 Å². The molecule has 0 saturated carbocycles. The Bertz CT molecular complexity index is 745. The van der Waals surface area contributed by atoms with Crippen LogP contribution in [0.15, 0.2) is 40.8 Å². The summed E-state index contributed by atoms with van der Waals surface area (Å²) in [4.78, 5) is 13.0. The van der Waals surface area contributed by atoms with E-state index in [1.54, 1.807) is 0 Å². The van der Waals surface area contributed by atoms with Crippen LogP contribution in [0.3, 0.4) is 0 Å². The molecule has 0 saturated heterocycles. The lowest BCUT2D eigenvalue weighted by Crippen LogP contribution is -2.32. The molecule has 1 aromatic carbocycles. The number of nitrogens with one attached hydrogen (secondary N) is 1. The van der Waals surface area contributed by atoms with Gasteiger partial charge in [-0.2, -0.15) is 0 Å². The van der Waals surface area contributed by atoms with Gasteiger partial charge >= 0.3 is 0 Å². The van der Waals surface area contributed by atoms with E-state index >= 15 is 0 Å². The maximum absolute atomic E-state index is 12.2. The van der Waals surface area contributed by atoms with E-state index in [0.29, 0.717) is 31.6 Å². The van der Waals surface area contributed by atoms with Gasteiger partial charge in [-0.05, 0) is 50.5 Å². The Kier molecular flexibility index (Phi) is 8.03.